The molecule has 0 bridgehead atoms. The molecule has 2 aromatic carbocycles. The van der Waals surface area contributed by atoms with Gasteiger partial charge in [0.2, 0.25) is 26.0 Å². The van der Waals surface area contributed by atoms with Crippen LogP contribution in [0.2, 0.25) is 0 Å². The number of hydrogen-bond acceptors (Lipinski definition) is 6. The van der Waals surface area contributed by atoms with Crippen molar-refractivity contribution in [3.05, 3.63) is 54.3 Å². The van der Waals surface area contributed by atoms with Crippen LogP contribution in [-0.4, -0.2) is 66.1 Å². The van der Waals surface area contributed by atoms with Gasteiger partial charge >= 0.3 is 0 Å². The van der Waals surface area contributed by atoms with Crippen LogP contribution in [0.5, 0.6) is 5.75 Å². The van der Waals surface area contributed by atoms with E-state index < -0.39 is 38.3 Å². The molecule has 0 saturated carbocycles. The van der Waals surface area contributed by atoms with Crippen molar-refractivity contribution < 1.29 is 30.8 Å². The molecule has 0 unspecified atom stereocenters. The van der Waals surface area contributed by atoms with Gasteiger partial charge in [0.1, 0.15) is 24.7 Å². The van der Waals surface area contributed by atoms with Crippen molar-refractivity contribution >= 4 is 31.6 Å². The summed E-state index contributed by atoms with van der Waals surface area (Å²) >= 11 is 0. The van der Waals surface area contributed by atoms with Crippen LogP contribution in [0, 0.1) is 5.82 Å². The van der Waals surface area contributed by atoms with Gasteiger partial charge in [-0.25, -0.2) is 21.2 Å². The van der Waals surface area contributed by atoms with Gasteiger partial charge in [0, 0.05) is 13.1 Å². The van der Waals surface area contributed by atoms with Gasteiger partial charge in [-0.1, -0.05) is 6.07 Å². The van der Waals surface area contributed by atoms with Gasteiger partial charge in [-0.15, -0.1) is 0 Å². The summed E-state index contributed by atoms with van der Waals surface area (Å²) in [6, 6.07) is 11.0. The Morgan fingerprint density at radius 3 is 2.36 bits per heavy atom. The number of carbonyl (C=O) groups is 1. The summed E-state index contributed by atoms with van der Waals surface area (Å²) in [5.41, 5.74) is 0.0490. The fraction of sp³-hybridized carbons (Fsp3) is 0.381. The molecule has 1 aliphatic rings. The van der Waals surface area contributed by atoms with Gasteiger partial charge in [-0.2, -0.15) is 4.31 Å². The highest BCUT2D eigenvalue weighted by molar-refractivity contribution is 7.92. The van der Waals surface area contributed by atoms with E-state index in [1.54, 1.807) is 12.1 Å². The lowest BCUT2D eigenvalue weighted by Crippen LogP contribution is -2.41. The molecule has 0 aromatic heterocycles. The van der Waals surface area contributed by atoms with E-state index in [-0.39, 0.29) is 23.7 Å². The van der Waals surface area contributed by atoms with Crippen molar-refractivity contribution in [2.45, 2.75) is 17.7 Å². The second kappa shape index (κ2) is 10.5. The summed E-state index contributed by atoms with van der Waals surface area (Å²) < 4.78 is 70.4. The third-order valence-corrected chi connectivity index (χ3v) is 8.06. The van der Waals surface area contributed by atoms with Crippen molar-refractivity contribution in [1.29, 1.82) is 0 Å². The maximum absolute atomic E-state index is 13.5. The molecule has 0 aliphatic carbocycles. The SMILES string of the molecule is CS(=O)(=O)N(CC(=O)NCCOc1ccc(S(=O)(=O)N2CCCC2)cc1)c1cccc(F)c1. The second-order valence-electron chi connectivity index (χ2n) is 7.53. The lowest BCUT2D eigenvalue weighted by molar-refractivity contribution is -0.119. The summed E-state index contributed by atoms with van der Waals surface area (Å²) in [5.74, 6) is -0.767. The zero-order valence-corrected chi connectivity index (χ0v) is 19.7. The number of hydrogen-bond donors (Lipinski definition) is 1. The highest BCUT2D eigenvalue weighted by Gasteiger charge is 2.27. The molecule has 3 rings (SSSR count). The Morgan fingerprint density at radius 2 is 1.76 bits per heavy atom. The Balaban J connectivity index is 1.49. The molecule has 0 radical (unpaired) electrons. The molecule has 33 heavy (non-hydrogen) atoms. The van der Waals surface area contributed by atoms with E-state index in [9.17, 15) is 26.0 Å². The number of benzene rings is 2. The van der Waals surface area contributed by atoms with E-state index in [1.807, 2.05) is 0 Å². The van der Waals surface area contributed by atoms with E-state index in [4.69, 9.17) is 4.74 Å². The van der Waals surface area contributed by atoms with Crippen molar-refractivity contribution in [3.8, 4) is 5.75 Å². The van der Waals surface area contributed by atoms with Gasteiger partial charge < -0.3 is 10.1 Å². The molecule has 12 heteroatoms. The Labute approximate surface area is 193 Å². The quantitative estimate of drug-likeness (QED) is 0.497. The molecule has 2 aromatic rings. The Hall–Kier alpha value is -2.70. The van der Waals surface area contributed by atoms with Gasteiger partial charge in [-0.05, 0) is 55.3 Å². The highest BCUT2D eigenvalue weighted by Crippen LogP contribution is 2.23. The topological polar surface area (TPSA) is 113 Å². The largest absolute Gasteiger partial charge is 0.492 e. The Kier molecular flexibility index (Phi) is 7.92. The number of nitrogens with one attached hydrogen (secondary N) is 1. The number of halogens is 1. The number of sulfonamides is 2. The molecule has 180 valence electrons. The number of amides is 1. The number of carbonyl (C=O) groups excluding carboxylic acids is 1. The minimum absolute atomic E-state index is 0.0490. The van der Waals surface area contributed by atoms with Crippen LogP contribution in [-0.2, 0) is 24.8 Å². The maximum Gasteiger partial charge on any atom is 0.243 e. The van der Waals surface area contributed by atoms with Crippen LogP contribution in [0.4, 0.5) is 10.1 Å². The minimum Gasteiger partial charge on any atom is -0.492 e. The first-order valence-corrected chi connectivity index (χ1v) is 13.6. The average molecular weight is 500 g/mol. The first kappa shape index (κ1) is 24.9. The molecule has 1 amide bonds. The highest BCUT2D eigenvalue weighted by atomic mass is 32.2. The third-order valence-electron chi connectivity index (χ3n) is 5.00. The molecule has 9 nitrogen and oxygen atoms in total. The summed E-state index contributed by atoms with van der Waals surface area (Å²) in [6.45, 7) is 0.716. The van der Waals surface area contributed by atoms with Crippen molar-refractivity contribution in [2.24, 2.45) is 0 Å². The second-order valence-corrected chi connectivity index (χ2v) is 11.4. The van der Waals surface area contributed by atoms with Gasteiger partial charge in [0.15, 0.2) is 0 Å². The van der Waals surface area contributed by atoms with E-state index in [1.165, 1.54) is 34.6 Å². The Morgan fingerprint density at radius 1 is 1.09 bits per heavy atom. The van der Waals surface area contributed by atoms with Crippen molar-refractivity contribution in [2.75, 3.05) is 43.3 Å². The van der Waals surface area contributed by atoms with Gasteiger partial charge in [-0.3, -0.25) is 9.10 Å². The molecule has 0 atom stereocenters. The zero-order chi connectivity index (χ0) is 24.1. The maximum atomic E-state index is 13.5. The van der Waals surface area contributed by atoms with Gasteiger partial charge in [0.25, 0.3) is 0 Å². The van der Waals surface area contributed by atoms with Crippen molar-refractivity contribution in [1.82, 2.24) is 9.62 Å². The molecule has 1 saturated heterocycles. The summed E-state index contributed by atoms with van der Waals surface area (Å²) in [5, 5.41) is 2.55. The van der Waals surface area contributed by atoms with Crippen LogP contribution in [0.3, 0.4) is 0 Å². The fourth-order valence-corrected chi connectivity index (χ4v) is 5.73. The summed E-state index contributed by atoms with van der Waals surface area (Å²) in [4.78, 5) is 12.4. The third kappa shape index (κ3) is 6.65. The molecule has 0 spiro atoms. The number of rotatable bonds is 10. The predicted octanol–water partition coefficient (Wildman–Crippen LogP) is 1.57. The normalized spacial score (nSPS) is 14.7. The number of anilines is 1. The average Bonchev–Trinajstić information content (AvgIpc) is 3.30. The molecular weight excluding hydrogens is 473 g/mol. The fourth-order valence-electron chi connectivity index (χ4n) is 3.36. The molecule has 1 aliphatic heterocycles. The molecule has 1 fully saturated rings. The summed E-state index contributed by atoms with van der Waals surface area (Å²) in [6.07, 6.45) is 2.65. The first-order chi connectivity index (χ1) is 15.6. The number of ether oxygens (including phenoxy) is 1. The van der Waals surface area contributed by atoms with Crippen LogP contribution in [0.1, 0.15) is 12.8 Å². The van der Waals surface area contributed by atoms with Crippen LogP contribution in [0.15, 0.2) is 53.4 Å². The minimum atomic E-state index is -3.80. The Bertz CT molecular complexity index is 1180. The zero-order valence-electron chi connectivity index (χ0n) is 18.1. The van der Waals surface area contributed by atoms with E-state index in [0.717, 1.165) is 29.5 Å². The first-order valence-electron chi connectivity index (χ1n) is 10.3. The molecule has 1 heterocycles. The van der Waals surface area contributed by atoms with Crippen LogP contribution in [0.25, 0.3) is 0 Å². The molecular formula is C21H26FN3O6S2. The lowest BCUT2D eigenvalue weighted by Gasteiger charge is -2.21. The van der Waals surface area contributed by atoms with Crippen LogP contribution < -0.4 is 14.4 Å². The number of nitrogens with zero attached hydrogens (tertiary/aromatic N) is 2. The summed E-state index contributed by atoms with van der Waals surface area (Å²) in [7, 11) is -7.30. The smallest absolute Gasteiger partial charge is 0.243 e. The predicted molar refractivity (Wildman–Crippen MR) is 122 cm³/mol. The van der Waals surface area contributed by atoms with E-state index in [0.29, 0.717) is 18.8 Å². The standard InChI is InChI=1S/C21H26FN3O6S2/c1-32(27,28)25(18-6-4-5-17(22)15-18)16-21(26)23-11-14-31-19-7-9-20(10-8-19)33(29,30)24-12-2-3-13-24/h4-10,15H,2-3,11-14,16H2,1H3,(H,23,26). The monoisotopic (exact) mass is 499 g/mol. The van der Waals surface area contributed by atoms with E-state index >= 15 is 0 Å². The lowest BCUT2D eigenvalue weighted by atomic mass is 10.3. The van der Waals surface area contributed by atoms with Crippen molar-refractivity contribution in [3.63, 3.8) is 0 Å². The van der Waals surface area contributed by atoms with Gasteiger partial charge in [0.05, 0.1) is 23.4 Å². The van der Waals surface area contributed by atoms with E-state index in [2.05, 4.69) is 5.32 Å². The van der Waals surface area contributed by atoms with Crippen LogP contribution >= 0.6 is 0 Å². The molecule has 1 N–H and O–H groups in total.